The van der Waals surface area contributed by atoms with E-state index in [1.807, 2.05) is 19.1 Å². The number of aliphatic hydroxyl groups excluding tert-OH is 2. The molecule has 2 heterocycles. The standard InChI is InChI=1S/C8H9NO.C6H6BrNO.C3H6/c1-2-7-3-4-9-8(5-7)6-10;7-5-1-2-8-6(3-5)4-9;1-3-2/h2-5,10H,1,6H2;1-3,9H,4H2;3H,1H2,2H3. The van der Waals surface area contributed by atoms with Gasteiger partial charge in [0, 0.05) is 16.9 Å². The number of halogens is 1. The van der Waals surface area contributed by atoms with Crippen LogP contribution in [0.15, 0.2) is 60.4 Å². The van der Waals surface area contributed by atoms with E-state index in [-0.39, 0.29) is 13.2 Å². The van der Waals surface area contributed by atoms with Crippen LogP contribution in [-0.2, 0) is 13.2 Å². The Labute approximate surface area is 140 Å². The highest BCUT2D eigenvalue weighted by Gasteiger charge is 1.90. The molecule has 0 aliphatic heterocycles. The predicted molar refractivity (Wildman–Crippen MR) is 94.0 cm³/mol. The smallest absolute Gasteiger partial charge is 0.0853 e. The van der Waals surface area contributed by atoms with Gasteiger partial charge in [0.25, 0.3) is 0 Å². The maximum absolute atomic E-state index is 8.66. The van der Waals surface area contributed by atoms with Crippen LogP contribution in [0.5, 0.6) is 0 Å². The van der Waals surface area contributed by atoms with Crippen LogP contribution in [0.3, 0.4) is 0 Å². The van der Waals surface area contributed by atoms with Gasteiger partial charge < -0.3 is 10.2 Å². The van der Waals surface area contributed by atoms with Gasteiger partial charge in [-0.25, -0.2) is 0 Å². The molecular weight excluding hydrogens is 344 g/mol. The van der Waals surface area contributed by atoms with E-state index in [4.69, 9.17) is 10.2 Å². The van der Waals surface area contributed by atoms with E-state index in [0.717, 1.165) is 10.0 Å². The lowest BCUT2D eigenvalue weighted by Crippen LogP contribution is -1.87. The maximum Gasteiger partial charge on any atom is 0.0853 e. The normalized spacial score (nSPS) is 8.73. The van der Waals surface area contributed by atoms with E-state index < -0.39 is 0 Å². The lowest BCUT2D eigenvalue weighted by Gasteiger charge is -1.94. The van der Waals surface area contributed by atoms with Crippen LogP contribution in [0.1, 0.15) is 23.9 Å². The maximum atomic E-state index is 8.66. The van der Waals surface area contributed by atoms with Crippen LogP contribution >= 0.6 is 15.9 Å². The van der Waals surface area contributed by atoms with Gasteiger partial charge in [0.15, 0.2) is 0 Å². The first-order chi connectivity index (χ1) is 10.6. The fourth-order valence-electron chi connectivity index (χ4n) is 1.25. The van der Waals surface area contributed by atoms with E-state index in [1.165, 1.54) is 0 Å². The lowest BCUT2D eigenvalue weighted by molar-refractivity contribution is 0.276. The third kappa shape index (κ3) is 9.18. The van der Waals surface area contributed by atoms with Crippen molar-refractivity contribution in [2.45, 2.75) is 20.1 Å². The van der Waals surface area contributed by atoms with Crippen molar-refractivity contribution in [1.29, 1.82) is 0 Å². The minimum atomic E-state index is -0.0122. The highest BCUT2D eigenvalue weighted by atomic mass is 79.9. The monoisotopic (exact) mass is 364 g/mol. The Morgan fingerprint density at radius 1 is 1.05 bits per heavy atom. The Kier molecular flexibility index (Phi) is 11.8. The Morgan fingerprint density at radius 3 is 1.95 bits per heavy atom. The third-order valence-electron chi connectivity index (χ3n) is 2.18. The second-order valence-electron chi connectivity index (χ2n) is 3.97. The van der Waals surface area contributed by atoms with Crippen molar-refractivity contribution >= 4 is 22.0 Å². The first kappa shape index (κ1) is 20.2. The third-order valence-corrected chi connectivity index (χ3v) is 2.67. The number of hydrogen-bond donors (Lipinski definition) is 2. The Balaban J connectivity index is 0.000000342. The van der Waals surface area contributed by atoms with Crippen LogP contribution in [-0.4, -0.2) is 20.2 Å². The summed E-state index contributed by atoms with van der Waals surface area (Å²) in [4.78, 5) is 7.79. The first-order valence-electron chi connectivity index (χ1n) is 6.57. The Morgan fingerprint density at radius 2 is 1.55 bits per heavy atom. The number of pyridine rings is 2. The number of aliphatic hydroxyl groups is 2. The molecule has 0 saturated carbocycles. The van der Waals surface area contributed by atoms with Gasteiger partial charge in [0.1, 0.15) is 0 Å². The number of hydrogen-bond acceptors (Lipinski definition) is 4. The Hall–Kier alpha value is -1.82. The molecule has 0 fully saturated rings. The summed E-state index contributed by atoms with van der Waals surface area (Å²) in [6.45, 7) is 8.83. The molecule has 0 radical (unpaired) electrons. The molecule has 2 aromatic rings. The van der Waals surface area contributed by atoms with Crippen molar-refractivity contribution in [3.05, 3.63) is 77.3 Å². The number of allylic oxidation sites excluding steroid dienone is 1. The summed E-state index contributed by atoms with van der Waals surface area (Å²) in [5.41, 5.74) is 2.35. The minimum Gasteiger partial charge on any atom is -0.390 e. The van der Waals surface area contributed by atoms with Gasteiger partial charge in [-0.15, -0.1) is 6.58 Å². The summed E-state index contributed by atoms with van der Waals surface area (Å²) in [5.74, 6) is 0. The molecule has 22 heavy (non-hydrogen) atoms. The Bertz CT molecular complexity index is 574. The zero-order valence-corrected chi connectivity index (χ0v) is 14.2. The first-order valence-corrected chi connectivity index (χ1v) is 7.37. The molecule has 2 N–H and O–H groups in total. The van der Waals surface area contributed by atoms with E-state index >= 15 is 0 Å². The van der Waals surface area contributed by atoms with Crippen molar-refractivity contribution in [3.63, 3.8) is 0 Å². The molecule has 0 bridgehead atoms. The van der Waals surface area contributed by atoms with Crippen LogP contribution in [0.2, 0.25) is 0 Å². The van der Waals surface area contributed by atoms with Gasteiger partial charge in [0.2, 0.25) is 0 Å². The summed E-state index contributed by atoms with van der Waals surface area (Å²) < 4.78 is 0.946. The van der Waals surface area contributed by atoms with Gasteiger partial charge in [-0.2, -0.15) is 0 Å². The van der Waals surface area contributed by atoms with Gasteiger partial charge in [-0.3, -0.25) is 9.97 Å². The molecule has 0 saturated heterocycles. The topological polar surface area (TPSA) is 66.2 Å². The summed E-state index contributed by atoms with van der Waals surface area (Å²) >= 11 is 3.25. The highest BCUT2D eigenvalue weighted by molar-refractivity contribution is 9.10. The molecule has 0 unspecified atom stereocenters. The molecule has 0 amide bonds. The van der Waals surface area contributed by atoms with Crippen LogP contribution in [0.25, 0.3) is 6.08 Å². The molecule has 0 aromatic carbocycles. The van der Waals surface area contributed by atoms with Gasteiger partial charge >= 0.3 is 0 Å². The molecule has 0 atom stereocenters. The summed E-state index contributed by atoms with van der Waals surface area (Å²) in [6, 6.07) is 7.23. The zero-order chi connectivity index (χ0) is 16.8. The molecule has 2 aromatic heterocycles. The molecule has 0 aliphatic carbocycles. The van der Waals surface area contributed by atoms with Crippen LogP contribution in [0, 0.1) is 0 Å². The largest absolute Gasteiger partial charge is 0.390 e. The molecule has 0 spiro atoms. The quantitative estimate of drug-likeness (QED) is 0.814. The lowest BCUT2D eigenvalue weighted by atomic mass is 10.2. The second-order valence-corrected chi connectivity index (χ2v) is 4.89. The minimum absolute atomic E-state index is 0.000556. The fraction of sp³-hybridized carbons (Fsp3) is 0.176. The van der Waals surface area contributed by atoms with Gasteiger partial charge in [0.05, 0.1) is 24.6 Å². The molecule has 5 heteroatoms. The summed E-state index contributed by atoms with van der Waals surface area (Å²) in [7, 11) is 0. The van der Waals surface area contributed by atoms with Gasteiger partial charge in [-0.05, 0) is 36.8 Å². The van der Waals surface area contributed by atoms with E-state index in [9.17, 15) is 0 Å². The van der Waals surface area contributed by atoms with E-state index in [1.54, 1.807) is 36.7 Å². The SMILES string of the molecule is C=CC.C=Cc1ccnc(CO)c1.OCc1cc(Br)ccn1. The summed E-state index contributed by atoms with van der Waals surface area (Å²) in [5, 5.41) is 17.2. The van der Waals surface area contributed by atoms with Gasteiger partial charge in [-0.1, -0.05) is 34.7 Å². The van der Waals surface area contributed by atoms with Crippen LogP contribution < -0.4 is 0 Å². The number of nitrogens with zero attached hydrogens (tertiary/aromatic N) is 2. The molecule has 118 valence electrons. The van der Waals surface area contributed by atoms with Crippen molar-refractivity contribution in [2.75, 3.05) is 0 Å². The number of aromatic nitrogens is 2. The molecule has 0 aliphatic rings. The van der Waals surface area contributed by atoms with Crippen molar-refractivity contribution in [2.24, 2.45) is 0 Å². The summed E-state index contributed by atoms with van der Waals surface area (Å²) in [6.07, 6.45) is 6.78. The average molecular weight is 365 g/mol. The number of rotatable bonds is 3. The van der Waals surface area contributed by atoms with Crippen LogP contribution in [0.4, 0.5) is 0 Å². The van der Waals surface area contributed by atoms with Crippen molar-refractivity contribution in [1.82, 2.24) is 9.97 Å². The molecular formula is C17H21BrN2O2. The van der Waals surface area contributed by atoms with Crippen molar-refractivity contribution < 1.29 is 10.2 Å². The van der Waals surface area contributed by atoms with Crippen molar-refractivity contribution in [3.8, 4) is 0 Å². The molecule has 4 nitrogen and oxygen atoms in total. The van der Waals surface area contributed by atoms with E-state index in [0.29, 0.717) is 11.4 Å². The van der Waals surface area contributed by atoms with E-state index in [2.05, 4.69) is 39.1 Å². The second kappa shape index (κ2) is 12.9. The average Bonchev–Trinajstić information content (AvgIpc) is 2.56. The predicted octanol–water partition coefficient (Wildman–Crippen LogP) is 3.75. The highest BCUT2D eigenvalue weighted by Crippen LogP contribution is 2.08. The molecule has 2 rings (SSSR count). The fourth-order valence-corrected chi connectivity index (χ4v) is 1.63. The zero-order valence-electron chi connectivity index (χ0n) is 12.6.